The minimum absolute atomic E-state index is 1.13. The summed E-state index contributed by atoms with van der Waals surface area (Å²) in [5.74, 6) is 0. The highest BCUT2D eigenvalue weighted by Crippen LogP contribution is 2.57. The Balaban J connectivity index is 0.971. The van der Waals surface area contributed by atoms with Crippen LogP contribution < -0.4 is 0 Å². The second-order valence-corrected chi connectivity index (χ2v) is 39.1. The lowest BCUT2D eigenvalue weighted by Gasteiger charge is -2.06. The van der Waals surface area contributed by atoms with E-state index in [2.05, 4.69) is 234 Å². The standard InChI is InChI=1S/C108H134S6/c1-7-13-19-25-31-37-43-81-49-61-87(62-50-81)93-75-99(110-80-93)105-95(89-65-53-83(54-66-89)45-39-33-27-21-15-9-3)77-101(112-105)107-97(91-69-57-85(58-70-91)47-41-35-29-23-17-11-5)79-103(114-107)108-98(92-71-59-86(60-72-92)48-42-36-30-24-18-12-6)78-102(113-108)106-96(90-67-55-84(56-68-90)46-40-34-28-22-16-10-4)76-100(111-106)104-94(73-74-109-104)88-63-51-82(52-64-88)44-38-32-26-20-14-8-2/h49-80H,7-48H2,1-6H3. The van der Waals surface area contributed by atoms with Crippen molar-refractivity contribution in [2.24, 2.45) is 0 Å². The first-order valence-electron chi connectivity index (χ1n) is 45.6. The van der Waals surface area contributed by atoms with Crippen LogP contribution in [0.25, 0.3) is 116 Å². The molecule has 12 aromatic rings. The van der Waals surface area contributed by atoms with Crippen molar-refractivity contribution in [3.63, 3.8) is 0 Å². The van der Waals surface area contributed by atoms with E-state index in [1.165, 1.54) is 380 Å². The van der Waals surface area contributed by atoms with Gasteiger partial charge in [-0.1, -0.05) is 380 Å². The van der Waals surface area contributed by atoms with E-state index in [0.717, 1.165) is 38.5 Å². The van der Waals surface area contributed by atoms with Gasteiger partial charge in [0.1, 0.15) is 0 Å². The van der Waals surface area contributed by atoms with Gasteiger partial charge in [0.25, 0.3) is 0 Å². The second kappa shape index (κ2) is 47.8. The molecule has 6 aromatic heterocycles. The van der Waals surface area contributed by atoms with E-state index in [-0.39, 0.29) is 0 Å². The molecular formula is C108H134S6. The van der Waals surface area contributed by atoms with Crippen molar-refractivity contribution in [1.82, 2.24) is 0 Å². The van der Waals surface area contributed by atoms with Gasteiger partial charge in [0.05, 0.1) is 24.4 Å². The predicted molar refractivity (Wildman–Crippen MR) is 516 cm³/mol. The lowest BCUT2D eigenvalue weighted by atomic mass is 9.98. The van der Waals surface area contributed by atoms with E-state index < -0.39 is 0 Å². The molecule has 0 fully saturated rings. The molecule has 0 radical (unpaired) electrons. The molecule has 6 aromatic carbocycles. The van der Waals surface area contributed by atoms with Gasteiger partial charge < -0.3 is 0 Å². The fraction of sp³-hybridized carbons (Fsp3) is 0.444. The summed E-state index contributed by atoms with van der Waals surface area (Å²) >= 11 is 11.9. The zero-order valence-corrected chi connectivity index (χ0v) is 75.5. The maximum absolute atomic E-state index is 2.62. The summed E-state index contributed by atoms with van der Waals surface area (Å²) in [7, 11) is 0. The van der Waals surface area contributed by atoms with Crippen LogP contribution in [0.2, 0.25) is 0 Å². The Bertz CT molecular complexity index is 4670. The summed E-state index contributed by atoms with van der Waals surface area (Å²) < 4.78 is 0. The van der Waals surface area contributed by atoms with Crippen LogP contribution >= 0.6 is 68.0 Å². The Kier molecular flexibility index (Phi) is 36.4. The van der Waals surface area contributed by atoms with Crippen molar-refractivity contribution in [3.05, 3.63) is 226 Å². The first-order chi connectivity index (χ1) is 56.3. The van der Waals surface area contributed by atoms with Crippen LogP contribution in [-0.4, -0.2) is 0 Å². The summed E-state index contributed by atoms with van der Waals surface area (Å²) in [4.78, 5) is 13.5. The first-order valence-corrected chi connectivity index (χ1v) is 50.6. The Labute approximate surface area is 714 Å². The summed E-state index contributed by atoms with van der Waals surface area (Å²) in [6.07, 6.45) is 54.3. The molecule has 602 valence electrons. The van der Waals surface area contributed by atoms with Crippen LogP contribution in [0.5, 0.6) is 0 Å². The number of benzene rings is 6. The first kappa shape index (κ1) is 86.8. The van der Waals surface area contributed by atoms with Crippen molar-refractivity contribution in [1.29, 1.82) is 0 Å². The minimum atomic E-state index is 1.13. The molecule has 0 nitrogen and oxygen atoms in total. The highest BCUT2D eigenvalue weighted by molar-refractivity contribution is 7.31. The third-order valence-electron chi connectivity index (χ3n) is 23.8. The zero-order valence-electron chi connectivity index (χ0n) is 70.6. The van der Waals surface area contributed by atoms with Gasteiger partial charge in [-0.05, 0) is 197 Å². The largest absolute Gasteiger partial charge is 0.142 e. The lowest BCUT2D eigenvalue weighted by Crippen LogP contribution is -1.87. The van der Waals surface area contributed by atoms with Crippen LogP contribution in [0.3, 0.4) is 0 Å². The van der Waals surface area contributed by atoms with Crippen molar-refractivity contribution in [2.75, 3.05) is 0 Å². The Morgan fingerprint density at radius 3 is 0.658 bits per heavy atom. The molecule has 0 aliphatic rings. The normalized spacial score (nSPS) is 11.7. The molecule has 114 heavy (non-hydrogen) atoms. The number of aryl methyl sites for hydroxylation is 6. The molecular weight excluding hydrogens is 1490 g/mol. The summed E-state index contributed by atoms with van der Waals surface area (Å²) in [6, 6.07) is 73.8. The van der Waals surface area contributed by atoms with Gasteiger partial charge in [0.15, 0.2) is 0 Å². The summed E-state index contributed by atoms with van der Waals surface area (Å²) in [6.45, 7) is 13.9. The Hall–Kier alpha value is -6.48. The van der Waals surface area contributed by atoms with Gasteiger partial charge in [-0.15, -0.1) is 68.0 Å². The van der Waals surface area contributed by atoms with Crippen LogP contribution in [0.15, 0.2) is 193 Å². The van der Waals surface area contributed by atoms with Crippen molar-refractivity contribution in [2.45, 2.75) is 311 Å². The molecule has 0 N–H and O–H groups in total. The maximum atomic E-state index is 2.62. The second-order valence-electron chi connectivity index (χ2n) is 33.1. The molecule has 6 heteroatoms. The third kappa shape index (κ3) is 25.5. The number of hydrogen-bond acceptors (Lipinski definition) is 6. The molecule has 0 aliphatic carbocycles. The zero-order chi connectivity index (χ0) is 78.7. The van der Waals surface area contributed by atoms with Gasteiger partial charge in [-0.25, -0.2) is 0 Å². The van der Waals surface area contributed by atoms with E-state index in [1.54, 1.807) is 0 Å². The van der Waals surface area contributed by atoms with Crippen LogP contribution in [0.4, 0.5) is 0 Å². The monoisotopic (exact) mass is 1620 g/mol. The maximum Gasteiger partial charge on any atom is 0.0528 e. The Morgan fingerprint density at radius 1 is 0.175 bits per heavy atom. The predicted octanol–water partition coefficient (Wildman–Crippen LogP) is 37.8. The number of unbranched alkanes of at least 4 members (excludes halogenated alkanes) is 30. The molecule has 0 atom stereocenters. The summed E-state index contributed by atoms with van der Waals surface area (Å²) in [5.41, 5.74) is 24.5. The highest BCUT2D eigenvalue weighted by Gasteiger charge is 2.27. The Morgan fingerprint density at radius 2 is 0.395 bits per heavy atom. The topological polar surface area (TPSA) is 0 Å². The molecule has 12 rings (SSSR count). The lowest BCUT2D eigenvalue weighted by molar-refractivity contribution is 0.607. The summed E-state index contributed by atoms with van der Waals surface area (Å²) in [5, 5.41) is 4.76. The molecule has 0 saturated carbocycles. The van der Waals surface area contributed by atoms with Gasteiger partial charge in [0.2, 0.25) is 0 Å². The third-order valence-corrected chi connectivity index (χ3v) is 31.1. The van der Waals surface area contributed by atoms with Crippen molar-refractivity contribution >= 4 is 68.0 Å². The van der Waals surface area contributed by atoms with Gasteiger partial charge in [-0.2, -0.15) is 0 Å². The quantitative estimate of drug-likeness (QED) is 0.0333. The molecule has 6 heterocycles. The smallest absolute Gasteiger partial charge is 0.0528 e. The van der Waals surface area contributed by atoms with Crippen molar-refractivity contribution in [3.8, 4) is 116 Å². The van der Waals surface area contributed by atoms with E-state index in [9.17, 15) is 0 Å². The van der Waals surface area contributed by atoms with Gasteiger partial charge >= 0.3 is 0 Å². The molecule has 0 bridgehead atoms. The van der Waals surface area contributed by atoms with Crippen molar-refractivity contribution < 1.29 is 0 Å². The van der Waals surface area contributed by atoms with Gasteiger partial charge in [-0.3, -0.25) is 0 Å². The van der Waals surface area contributed by atoms with E-state index in [1.807, 2.05) is 68.0 Å². The molecule has 0 spiro atoms. The van der Waals surface area contributed by atoms with E-state index in [0.29, 0.717) is 0 Å². The average molecular weight is 1620 g/mol. The van der Waals surface area contributed by atoms with E-state index in [4.69, 9.17) is 0 Å². The number of thiophene rings is 6. The van der Waals surface area contributed by atoms with Gasteiger partial charge in [0, 0.05) is 52.2 Å². The van der Waals surface area contributed by atoms with Crippen LogP contribution in [-0.2, 0) is 38.5 Å². The number of rotatable bonds is 53. The van der Waals surface area contributed by atoms with E-state index >= 15 is 0 Å². The van der Waals surface area contributed by atoms with Crippen LogP contribution in [0, 0.1) is 0 Å². The molecule has 0 aliphatic heterocycles. The molecule has 0 saturated heterocycles. The SMILES string of the molecule is CCCCCCCCc1ccc(-c2csc(-c3sc(-c4sc(-c5sc(-c6sc(-c7sccc7-c7ccc(CCCCCCCC)cc7)cc6-c6ccc(CCCCCCCC)cc6)cc5-c5ccc(CCCCCCCC)cc5)cc4-c4ccc(CCCCCCCC)cc4)cc3-c3ccc(CCCCCCCC)cc3)c2)cc1. The highest BCUT2D eigenvalue weighted by atomic mass is 32.1. The average Bonchev–Trinajstić information content (AvgIpc) is 1.60. The fourth-order valence-corrected chi connectivity index (χ4v) is 23.9. The fourth-order valence-electron chi connectivity index (χ4n) is 16.7. The molecule has 0 amide bonds. The number of hydrogen-bond donors (Lipinski definition) is 0. The molecule has 0 unspecified atom stereocenters. The minimum Gasteiger partial charge on any atom is -0.142 e. The van der Waals surface area contributed by atoms with Crippen LogP contribution in [0.1, 0.15) is 306 Å².